The summed E-state index contributed by atoms with van der Waals surface area (Å²) in [6.45, 7) is 1.92. The molecule has 0 bridgehead atoms. The van der Waals surface area contributed by atoms with E-state index in [1.54, 1.807) is 0 Å². The number of unbranched alkanes of at least 4 members (excludes halogenated alkanes) is 1. The zero-order valence-corrected chi connectivity index (χ0v) is 12.5. The van der Waals surface area contributed by atoms with Crippen LogP contribution in [0, 0.1) is 6.92 Å². The molecule has 1 aromatic rings. The second-order valence-corrected chi connectivity index (χ2v) is 5.84. The van der Waals surface area contributed by atoms with Crippen molar-refractivity contribution in [3.8, 4) is 0 Å². The molecular formula is C17H23NO3. The van der Waals surface area contributed by atoms with Crippen molar-refractivity contribution in [2.24, 2.45) is 0 Å². The molecule has 1 fully saturated rings. The van der Waals surface area contributed by atoms with E-state index in [0.29, 0.717) is 6.42 Å². The van der Waals surface area contributed by atoms with Gasteiger partial charge in [-0.3, -0.25) is 9.59 Å². The van der Waals surface area contributed by atoms with Crippen LogP contribution in [0.5, 0.6) is 0 Å². The fourth-order valence-corrected chi connectivity index (χ4v) is 2.46. The third-order valence-electron chi connectivity index (χ3n) is 3.84. The van der Waals surface area contributed by atoms with Crippen LogP contribution in [0.1, 0.15) is 43.2 Å². The highest BCUT2D eigenvalue weighted by molar-refractivity contribution is 5.81. The number of rotatable bonds is 8. The summed E-state index contributed by atoms with van der Waals surface area (Å²) in [4.78, 5) is 24.4. The lowest BCUT2D eigenvalue weighted by Gasteiger charge is -2.20. The third-order valence-corrected chi connectivity index (χ3v) is 3.84. The molecule has 1 aliphatic rings. The van der Waals surface area contributed by atoms with Gasteiger partial charge < -0.3 is 10.0 Å². The number of carboxylic acid groups (broad SMARTS) is 1. The first kappa shape index (κ1) is 15.5. The molecule has 0 heterocycles. The van der Waals surface area contributed by atoms with Gasteiger partial charge in [0.25, 0.3) is 0 Å². The van der Waals surface area contributed by atoms with Crippen LogP contribution in [0.15, 0.2) is 24.3 Å². The minimum Gasteiger partial charge on any atom is -0.480 e. The van der Waals surface area contributed by atoms with Crippen LogP contribution in [0.4, 0.5) is 0 Å². The van der Waals surface area contributed by atoms with E-state index >= 15 is 0 Å². The monoisotopic (exact) mass is 289 g/mol. The van der Waals surface area contributed by atoms with Gasteiger partial charge in [-0.05, 0) is 44.6 Å². The lowest BCUT2D eigenvalue weighted by Crippen LogP contribution is -2.37. The maximum atomic E-state index is 12.1. The van der Waals surface area contributed by atoms with E-state index in [1.807, 2.05) is 0 Å². The van der Waals surface area contributed by atoms with Gasteiger partial charge in [0.05, 0.1) is 0 Å². The van der Waals surface area contributed by atoms with Crippen LogP contribution < -0.4 is 0 Å². The number of benzene rings is 1. The molecule has 1 saturated carbocycles. The molecule has 0 radical (unpaired) electrons. The van der Waals surface area contributed by atoms with Gasteiger partial charge in [0, 0.05) is 12.5 Å². The Hall–Kier alpha value is -1.84. The molecule has 0 unspecified atom stereocenters. The van der Waals surface area contributed by atoms with Crippen molar-refractivity contribution in [2.75, 3.05) is 6.54 Å². The van der Waals surface area contributed by atoms with Gasteiger partial charge in [0.1, 0.15) is 6.54 Å². The summed E-state index contributed by atoms with van der Waals surface area (Å²) in [6, 6.07) is 8.62. The van der Waals surface area contributed by atoms with Crippen molar-refractivity contribution >= 4 is 11.9 Å². The highest BCUT2D eigenvalue weighted by Crippen LogP contribution is 2.27. The number of aryl methyl sites for hydroxylation is 2. The quantitative estimate of drug-likeness (QED) is 0.749. The number of aliphatic carboxylic acids is 1. The number of nitrogens with zero attached hydrogens (tertiary/aromatic N) is 1. The van der Waals surface area contributed by atoms with E-state index in [0.717, 1.165) is 32.1 Å². The molecule has 0 spiro atoms. The number of amides is 1. The maximum Gasteiger partial charge on any atom is 0.323 e. The highest BCUT2D eigenvalue weighted by Gasteiger charge is 2.33. The minimum atomic E-state index is -0.921. The van der Waals surface area contributed by atoms with E-state index < -0.39 is 5.97 Å². The Morgan fingerprint density at radius 1 is 1.19 bits per heavy atom. The van der Waals surface area contributed by atoms with Gasteiger partial charge in [-0.25, -0.2) is 0 Å². The molecule has 114 valence electrons. The smallest absolute Gasteiger partial charge is 0.323 e. The molecule has 0 aliphatic heterocycles. The first-order valence-corrected chi connectivity index (χ1v) is 7.63. The molecule has 0 atom stereocenters. The molecule has 1 amide bonds. The van der Waals surface area contributed by atoms with Gasteiger partial charge in [-0.2, -0.15) is 0 Å². The van der Waals surface area contributed by atoms with Crippen molar-refractivity contribution in [2.45, 2.75) is 51.5 Å². The van der Waals surface area contributed by atoms with Gasteiger partial charge in [0.2, 0.25) is 5.91 Å². The standard InChI is InChI=1S/C17H23NO3/c1-13-6-8-14(9-7-13)4-2-3-5-16(19)18(12-17(20)21)15-10-11-15/h6-9,15H,2-5,10-12H2,1H3,(H,20,21). The predicted molar refractivity (Wildman–Crippen MR) is 81.1 cm³/mol. The summed E-state index contributed by atoms with van der Waals surface area (Å²) >= 11 is 0. The van der Waals surface area contributed by atoms with Crippen molar-refractivity contribution in [1.82, 2.24) is 4.90 Å². The fourth-order valence-electron chi connectivity index (χ4n) is 2.46. The molecule has 0 saturated heterocycles. The van der Waals surface area contributed by atoms with Crippen LogP contribution in [-0.4, -0.2) is 34.5 Å². The normalized spacial score (nSPS) is 14.0. The lowest BCUT2D eigenvalue weighted by molar-refractivity contribution is -0.145. The Labute approximate surface area is 125 Å². The summed E-state index contributed by atoms with van der Waals surface area (Å²) in [5.74, 6) is -0.932. The van der Waals surface area contributed by atoms with E-state index in [2.05, 4.69) is 31.2 Å². The zero-order chi connectivity index (χ0) is 15.2. The number of carbonyl (C=O) groups excluding carboxylic acids is 1. The summed E-state index contributed by atoms with van der Waals surface area (Å²) in [6.07, 6.45) is 5.09. The number of carboxylic acids is 1. The van der Waals surface area contributed by atoms with Gasteiger partial charge >= 0.3 is 5.97 Å². The molecule has 0 aromatic heterocycles. The molecule has 4 nitrogen and oxygen atoms in total. The zero-order valence-electron chi connectivity index (χ0n) is 12.5. The van der Waals surface area contributed by atoms with Crippen LogP contribution in [0.3, 0.4) is 0 Å². The van der Waals surface area contributed by atoms with E-state index in [9.17, 15) is 9.59 Å². The minimum absolute atomic E-state index is 0.0104. The summed E-state index contributed by atoms with van der Waals surface area (Å²) in [5.41, 5.74) is 2.54. The molecule has 4 heteroatoms. The van der Waals surface area contributed by atoms with E-state index in [1.165, 1.54) is 16.0 Å². The van der Waals surface area contributed by atoms with Crippen LogP contribution in [0.25, 0.3) is 0 Å². The number of hydrogen-bond acceptors (Lipinski definition) is 2. The highest BCUT2D eigenvalue weighted by atomic mass is 16.4. The average Bonchev–Trinajstić information content (AvgIpc) is 3.27. The van der Waals surface area contributed by atoms with Crippen LogP contribution in [0.2, 0.25) is 0 Å². The van der Waals surface area contributed by atoms with E-state index in [-0.39, 0.29) is 18.5 Å². The summed E-state index contributed by atoms with van der Waals surface area (Å²) in [7, 11) is 0. The summed E-state index contributed by atoms with van der Waals surface area (Å²) in [5, 5.41) is 8.86. The van der Waals surface area contributed by atoms with Crippen molar-refractivity contribution in [1.29, 1.82) is 0 Å². The lowest BCUT2D eigenvalue weighted by atomic mass is 10.1. The first-order chi connectivity index (χ1) is 10.1. The number of hydrogen-bond donors (Lipinski definition) is 1. The molecule has 1 N–H and O–H groups in total. The molecular weight excluding hydrogens is 266 g/mol. The van der Waals surface area contributed by atoms with Crippen molar-refractivity contribution in [3.63, 3.8) is 0 Å². The third kappa shape index (κ3) is 5.21. The van der Waals surface area contributed by atoms with Gasteiger partial charge in [-0.15, -0.1) is 0 Å². The Kier molecular flexibility index (Phi) is 5.37. The van der Waals surface area contributed by atoms with E-state index in [4.69, 9.17) is 5.11 Å². The molecule has 1 aliphatic carbocycles. The molecule has 1 aromatic carbocycles. The molecule has 21 heavy (non-hydrogen) atoms. The van der Waals surface area contributed by atoms with Gasteiger partial charge in [-0.1, -0.05) is 29.8 Å². The summed E-state index contributed by atoms with van der Waals surface area (Å²) < 4.78 is 0. The Morgan fingerprint density at radius 2 is 1.86 bits per heavy atom. The average molecular weight is 289 g/mol. The number of carbonyl (C=O) groups is 2. The second-order valence-electron chi connectivity index (χ2n) is 5.84. The van der Waals surface area contributed by atoms with Crippen LogP contribution >= 0.6 is 0 Å². The van der Waals surface area contributed by atoms with Crippen molar-refractivity contribution in [3.05, 3.63) is 35.4 Å². The van der Waals surface area contributed by atoms with Crippen LogP contribution in [-0.2, 0) is 16.0 Å². The Balaban J connectivity index is 1.70. The maximum absolute atomic E-state index is 12.1. The first-order valence-electron chi connectivity index (χ1n) is 7.63. The fraction of sp³-hybridized carbons (Fsp3) is 0.529. The Bertz CT molecular complexity index is 491. The van der Waals surface area contributed by atoms with Crippen molar-refractivity contribution < 1.29 is 14.7 Å². The topological polar surface area (TPSA) is 57.6 Å². The Morgan fingerprint density at radius 3 is 2.43 bits per heavy atom. The molecule has 2 rings (SSSR count). The second kappa shape index (κ2) is 7.25. The predicted octanol–water partition coefficient (Wildman–Crippen LogP) is 2.78. The SMILES string of the molecule is Cc1ccc(CCCCC(=O)N(CC(=O)O)C2CC2)cc1. The largest absolute Gasteiger partial charge is 0.480 e. The van der Waals surface area contributed by atoms with Gasteiger partial charge in [0.15, 0.2) is 0 Å².